The molecule has 0 spiro atoms. The Bertz CT molecular complexity index is 1170. The van der Waals surface area contributed by atoms with Crippen molar-refractivity contribution in [1.82, 2.24) is 29.6 Å². The Morgan fingerprint density at radius 3 is 2.89 bits per heavy atom. The zero-order chi connectivity index (χ0) is 19.3. The monoisotopic (exact) mass is 372 g/mol. The van der Waals surface area contributed by atoms with Crippen molar-refractivity contribution in [1.29, 1.82) is 0 Å². The molecule has 3 aromatic heterocycles. The van der Waals surface area contributed by atoms with Gasteiger partial charge in [-0.2, -0.15) is 5.10 Å². The van der Waals surface area contributed by atoms with Crippen molar-refractivity contribution < 1.29 is 0 Å². The van der Waals surface area contributed by atoms with Gasteiger partial charge in [0.25, 0.3) is 0 Å². The van der Waals surface area contributed by atoms with Crippen LogP contribution in [0.2, 0.25) is 0 Å². The standard InChI is InChI=1S/C22H24N6/c1-4-28-13-17(9-25-28)19-10-23-22-21(19)26-20(11-24-22)15-7-14(2)18-5-6-27(3)12-16(18)8-15/h7-11,13H,4-6,12H2,1-3H3,(H,23,24). The summed E-state index contributed by atoms with van der Waals surface area (Å²) in [6.07, 6.45) is 8.89. The van der Waals surface area contributed by atoms with E-state index in [0.717, 1.165) is 59.6 Å². The van der Waals surface area contributed by atoms with Gasteiger partial charge in [0.05, 0.1) is 18.1 Å². The molecule has 142 valence electrons. The highest BCUT2D eigenvalue weighted by atomic mass is 15.3. The molecule has 0 unspecified atom stereocenters. The molecule has 1 aliphatic heterocycles. The Hall–Kier alpha value is -2.99. The third-order valence-electron chi connectivity index (χ3n) is 5.69. The number of rotatable bonds is 3. The van der Waals surface area contributed by atoms with Crippen molar-refractivity contribution in [3.05, 3.63) is 53.6 Å². The lowest BCUT2D eigenvalue weighted by Gasteiger charge is -2.27. The number of nitrogens with zero attached hydrogens (tertiary/aromatic N) is 5. The van der Waals surface area contributed by atoms with E-state index >= 15 is 0 Å². The summed E-state index contributed by atoms with van der Waals surface area (Å²) in [4.78, 5) is 15.2. The van der Waals surface area contributed by atoms with E-state index in [9.17, 15) is 0 Å². The first-order valence-corrected chi connectivity index (χ1v) is 9.80. The van der Waals surface area contributed by atoms with E-state index in [1.807, 2.05) is 23.3 Å². The van der Waals surface area contributed by atoms with Crippen LogP contribution in [-0.2, 0) is 19.5 Å². The van der Waals surface area contributed by atoms with E-state index in [4.69, 9.17) is 4.98 Å². The number of nitrogens with one attached hydrogen (secondary N) is 1. The molecule has 5 rings (SSSR count). The van der Waals surface area contributed by atoms with E-state index in [0.29, 0.717) is 0 Å². The first-order valence-electron chi connectivity index (χ1n) is 9.80. The predicted molar refractivity (Wildman–Crippen MR) is 111 cm³/mol. The molecule has 28 heavy (non-hydrogen) atoms. The second-order valence-electron chi connectivity index (χ2n) is 7.66. The SMILES string of the molecule is CCn1cc(-c2c[nH]c3ncc(-c4cc(C)c5c(c4)CN(C)CC5)nc23)cn1. The number of H-pyrrole nitrogens is 1. The quantitative estimate of drug-likeness (QED) is 0.594. The number of likely N-dealkylation sites (N-methyl/N-ethyl adjacent to an activating group) is 1. The van der Waals surface area contributed by atoms with Gasteiger partial charge in [-0.3, -0.25) is 4.68 Å². The molecule has 6 nitrogen and oxygen atoms in total. The van der Waals surface area contributed by atoms with Gasteiger partial charge in [0.2, 0.25) is 0 Å². The number of aromatic nitrogens is 5. The van der Waals surface area contributed by atoms with Crippen LogP contribution in [0.15, 0.2) is 36.9 Å². The molecule has 1 aromatic carbocycles. The molecule has 0 saturated heterocycles. The topological polar surface area (TPSA) is 62.6 Å². The molecule has 0 radical (unpaired) electrons. The summed E-state index contributed by atoms with van der Waals surface area (Å²) < 4.78 is 1.93. The maximum atomic E-state index is 4.98. The highest BCUT2D eigenvalue weighted by Crippen LogP contribution is 2.31. The van der Waals surface area contributed by atoms with Crippen molar-refractivity contribution in [3.8, 4) is 22.4 Å². The summed E-state index contributed by atoms with van der Waals surface area (Å²) in [6.45, 7) is 7.25. The lowest BCUT2D eigenvalue weighted by molar-refractivity contribution is 0.312. The van der Waals surface area contributed by atoms with Crippen molar-refractivity contribution in [2.45, 2.75) is 33.4 Å². The maximum absolute atomic E-state index is 4.98. The van der Waals surface area contributed by atoms with E-state index in [1.165, 1.54) is 16.7 Å². The number of aryl methyl sites for hydroxylation is 2. The fourth-order valence-corrected chi connectivity index (χ4v) is 4.14. The minimum absolute atomic E-state index is 0.803. The van der Waals surface area contributed by atoms with Crippen LogP contribution in [0.4, 0.5) is 0 Å². The van der Waals surface area contributed by atoms with Gasteiger partial charge in [0, 0.05) is 48.7 Å². The Morgan fingerprint density at radius 1 is 1.18 bits per heavy atom. The smallest absolute Gasteiger partial charge is 0.156 e. The third kappa shape index (κ3) is 2.81. The molecule has 6 heteroatoms. The lowest BCUT2D eigenvalue weighted by atomic mass is 9.92. The Labute approximate surface area is 164 Å². The van der Waals surface area contributed by atoms with Crippen molar-refractivity contribution in [2.75, 3.05) is 13.6 Å². The molecular formula is C22H24N6. The molecule has 0 atom stereocenters. The summed E-state index contributed by atoms with van der Waals surface area (Å²) in [5, 5.41) is 4.39. The first kappa shape index (κ1) is 17.1. The predicted octanol–water partition coefficient (Wildman–Crippen LogP) is 3.80. The van der Waals surface area contributed by atoms with Crippen LogP contribution in [0.1, 0.15) is 23.6 Å². The lowest BCUT2D eigenvalue weighted by Crippen LogP contribution is -2.27. The molecule has 0 aliphatic carbocycles. The summed E-state index contributed by atoms with van der Waals surface area (Å²) >= 11 is 0. The van der Waals surface area contributed by atoms with Gasteiger partial charge in [0.1, 0.15) is 5.52 Å². The van der Waals surface area contributed by atoms with Gasteiger partial charge in [-0.15, -0.1) is 0 Å². The second-order valence-corrected chi connectivity index (χ2v) is 7.66. The van der Waals surface area contributed by atoms with Gasteiger partial charge < -0.3 is 9.88 Å². The second kappa shape index (κ2) is 6.56. The van der Waals surface area contributed by atoms with Crippen LogP contribution < -0.4 is 0 Å². The van der Waals surface area contributed by atoms with E-state index in [2.05, 4.69) is 59.2 Å². The van der Waals surface area contributed by atoms with Crippen LogP contribution in [0.25, 0.3) is 33.5 Å². The molecular weight excluding hydrogens is 348 g/mol. The molecule has 4 aromatic rings. The Balaban J connectivity index is 1.61. The zero-order valence-corrected chi connectivity index (χ0v) is 16.5. The van der Waals surface area contributed by atoms with Gasteiger partial charge >= 0.3 is 0 Å². The average molecular weight is 372 g/mol. The Kier molecular flexibility index (Phi) is 4.02. The number of aromatic amines is 1. The fourth-order valence-electron chi connectivity index (χ4n) is 4.14. The molecule has 4 heterocycles. The van der Waals surface area contributed by atoms with Gasteiger partial charge in [-0.1, -0.05) is 0 Å². The molecule has 1 N–H and O–H groups in total. The van der Waals surface area contributed by atoms with E-state index in [1.54, 1.807) is 0 Å². The summed E-state index contributed by atoms with van der Waals surface area (Å²) in [6, 6.07) is 4.54. The minimum Gasteiger partial charge on any atom is -0.344 e. The third-order valence-corrected chi connectivity index (χ3v) is 5.69. The molecule has 0 saturated carbocycles. The van der Waals surface area contributed by atoms with Crippen molar-refractivity contribution in [3.63, 3.8) is 0 Å². The molecule has 0 fully saturated rings. The molecule has 0 bridgehead atoms. The number of hydrogen-bond donors (Lipinski definition) is 1. The van der Waals surface area contributed by atoms with Gasteiger partial charge in [-0.25, -0.2) is 9.97 Å². The van der Waals surface area contributed by atoms with E-state index in [-0.39, 0.29) is 0 Å². The maximum Gasteiger partial charge on any atom is 0.156 e. The van der Waals surface area contributed by atoms with Crippen LogP contribution in [0, 0.1) is 6.92 Å². The number of fused-ring (bicyclic) bond motifs is 2. The van der Waals surface area contributed by atoms with E-state index < -0.39 is 0 Å². The van der Waals surface area contributed by atoms with Crippen LogP contribution in [-0.4, -0.2) is 43.2 Å². The van der Waals surface area contributed by atoms with Gasteiger partial charge in [0.15, 0.2) is 5.65 Å². The van der Waals surface area contributed by atoms with Gasteiger partial charge in [-0.05, 0) is 56.1 Å². The number of benzene rings is 1. The first-order chi connectivity index (χ1) is 13.6. The highest BCUT2D eigenvalue weighted by Gasteiger charge is 2.18. The van der Waals surface area contributed by atoms with Crippen LogP contribution in [0.3, 0.4) is 0 Å². The molecule has 0 amide bonds. The number of hydrogen-bond acceptors (Lipinski definition) is 4. The van der Waals surface area contributed by atoms with Crippen molar-refractivity contribution >= 4 is 11.2 Å². The zero-order valence-electron chi connectivity index (χ0n) is 16.5. The van der Waals surface area contributed by atoms with Crippen LogP contribution >= 0.6 is 0 Å². The minimum atomic E-state index is 0.803. The fraction of sp³-hybridized carbons (Fsp3) is 0.318. The van der Waals surface area contributed by atoms with Crippen molar-refractivity contribution in [2.24, 2.45) is 0 Å². The summed E-state index contributed by atoms with van der Waals surface area (Å²) in [5.74, 6) is 0. The normalized spacial score (nSPS) is 14.5. The highest BCUT2D eigenvalue weighted by molar-refractivity contribution is 5.91. The largest absolute Gasteiger partial charge is 0.344 e. The average Bonchev–Trinajstić information content (AvgIpc) is 3.33. The summed E-state index contributed by atoms with van der Waals surface area (Å²) in [7, 11) is 2.18. The molecule has 1 aliphatic rings. The van der Waals surface area contributed by atoms with Crippen LogP contribution in [0.5, 0.6) is 0 Å². The Morgan fingerprint density at radius 2 is 2.07 bits per heavy atom. The summed E-state index contributed by atoms with van der Waals surface area (Å²) in [5.41, 5.74) is 10.1.